The van der Waals surface area contributed by atoms with E-state index in [4.69, 9.17) is 9.40 Å². The van der Waals surface area contributed by atoms with Crippen LogP contribution in [0.4, 0.5) is 0 Å². The van der Waals surface area contributed by atoms with Gasteiger partial charge in [0.2, 0.25) is 6.71 Å². The van der Waals surface area contributed by atoms with Crippen molar-refractivity contribution >= 4 is 93.4 Å². The molecule has 0 unspecified atom stereocenters. The largest absolute Gasteiger partial charge is 0.456 e. The Morgan fingerprint density at radius 1 is 0.784 bits per heavy atom. The average Bonchev–Trinajstić information content (AvgIpc) is 3.44. The van der Waals surface area contributed by atoms with Crippen molar-refractivity contribution in [2.75, 3.05) is 0 Å². The maximum absolute atomic E-state index is 6.47. The van der Waals surface area contributed by atoms with Crippen LogP contribution in [0.2, 0.25) is 0 Å². The molecule has 3 nitrogen and oxygen atoms in total. The van der Waals surface area contributed by atoms with Gasteiger partial charge in [-0.3, -0.25) is 4.40 Å². The number of hydrogen-bond donors (Lipinski definition) is 0. The molecule has 0 saturated heterocycles. The smallest absolute Gasteiger partial charge is 0.247 e. The molecular weight excluding hydrogens is 471 g/mol. The van der Waals surface area contributed by atoms with Gasteiger partial charge in [-0.15, -0.1) is 0 Å². The zero-order valence-electron chi connectivity index (χ0n) is 20.7. The van der Waals surface area contributed by atoms with Gasteiger partial charge in [-0.25, -0.2) is 4.98 Å². The highest BCUT2D eigenvalue weighted by atomic mass is 32.1. The van der Waals surface area contributed by atoms with E-state index in [0.29, 0.717) is 0 Å². The van der Waals surface area contributed by atoms with Crippen LogP contribution in [0.25, 0.3) is 58.9 Å². The summed E-state index contributed by atoms with van der Waals surface area (Å²) in [5.74, 6) is 0. The number of imidazole rings is 1. The lowest BCUT2D eigenvalue weighted by atomic mass is 9.34. The van der Waals surface area contributed by atoms with Crippen LogP contribution in [0.3, 0.4) is 0 Å². The van der Waals surface area contributed by atoms with Crippen molar-refractivity contribution in [1.82, 2.24) is 9.38 Å². The van der Waals surface area contributed by atoms with Crippen molar-refractivity contribution in [3.63, 3.8) is 0 Å². The molecule has 5 aromatic carbocycles. The molecule has 0 spiro atoms. The molecule has 0 bridgehead atoms. The number of nitrogens with zero attached hydrogens (tertiary/aromatic N) is 2. The first-order valence-corrected chi connectivity index (χ1v) is 13.6. The van der Waals surface area contributed by atoms with Gasteiger partial charge < -0.3 is 4.42 Å². The minimum atomic E-state index is 0.105. The summed E-state index contributed by atoms with van der Waals surface area (Å²) in [6.45, 7) is 6.82. The van der Waals surface area contributed by atoms with E-state index in [-0.39, 0.29) is 6.71 Å². The van der Waals surface area contributed by atoms with E-state index in [2.05, 4.69) is 91.9 Å². The molecular formula is C32H21BN2OS. The first-order valence-electron chi connectivity index (χ1n) is 12.8. The summed E-state index contributed by atoms with van der Waals surface area (Å²) in [5, 5.41) is 4.87. The third-order valence-electron chi connectivity index (χ3n) is 8.35. The number of rotatable bonds is 1. The Balaban J connectivity index is 1.60. The van der Waals surface area contributed by atoms with E-state index in [1.165, 1.54) is 59.6 Å². The Bertz CT molecular complexity index is 2280. The van der Waals surface area contributed by atoms with Gasteiger partial charge in [0.25, 0.3) is 0 Å². The number of fused-ring (bicyclic) bond motifs is 4. The summed E-state index contributed by atoms with van der Waals surface area (Å²) < 4.78 is 10.2. The minimum absolute atomic E-state index is 0.105. The molecule has 0 radical (unpaired) electrons. The summed E-state index contributed by atoms with van der Waals surface area (Å²) in [5.41, 5.74) is 13.4. The molecule has 0 N–H and O–H groups in total. The van der Waals surface area contributed by atoms with Gasteiger partial charge in [0.1, 0.15) is 16.7 Å². The number of para-hydroxylation sites is 1. The van der Waals surface area contributed by atoms with Crippen LogP contribution in [0.15, 0.2) is 77.2 Å². The zero-order valence-corrected chi connectivity index (χ0v) is 21.5. The van der Waals surface area contributed by atoms with Gasteiger partial charge in [0.05, 0.1) is 16.4 Å². The lowest BCUT2D eigenvalue weighted by molar-refractivity contribution is 0.669. The molecule has 174 valence electrons. The second kappa shape index (κ2) is 6.61. The minimum Gasteiger partial charge on any atom is -0.456 e. The fourth-order valence-electron chi connectivity index (χ4n) is 7.08. The normalized spacial score (nSPS) is 13.2. The Kier molecular flexibility index (Phi) is 3.58. The van der Waals surface area contributed by atoms with Crippen LogP contribution < -0.4 is 16.4 Å². The highest BCUT2D eigenvalue weighted by Crippen LogP contribution is 2.39. The predicted molar refractivity (Wildman–Crippen MR) is 158 cm³/mol. The van der Waals surface area contributed by atoms with Crippen LogP contribution in [0.5, 0.6) is 0 Å². The van der Waals surface area contributed by atoms with E-state index in [0.717, 1.165) is 32.4 Å². The van der Waals surface area contributed by atoms with E-state index < -0.39 is 0 Å². The predicted octanol–water partition coefficient (Wildman–Crippen LogP) is 6.51. The maximum Gasteiger partial charge on any atom is 0.247 e. The van der Waals surface area contributed by atoms with Crippen molar-refractivity contribution in [1.29, 1.82) is 0 Å². The number of aromatic nitrogens is 2. The highest BCUT2D eigenvalue weighted by molar-refractivity contribution is 7.23. The van der Waals surface area contributed by atoms with Gasteiger partial charge in [0, 0.05) is 15.5 Å². The van der Waals surface area contributed by atoms with Gasteiger partial charge in [-0.05, 0) is 55.3 Å². The Morgan fingerprint density at radius 3 is 2.49 bits per heavy atom. The molecule has 0 amide bonds. The van der Waals surface area contributed by atoms with Crippen molar-refractivity contribution < 1.29 is 4.42 Å². The standard InChI is InChI=1S/C32H21BN2OS/c1-16-13-17(2)28(18(3)14-16)33-21-12-11-19-7-6-10-25-26(19)30(21)35-31-22(33)15-24-27(29(31)34-32(35)37-25)20-8-4-5-9-23(20)36-24/h4-15H,1-3H3. The molecule has 1 aliphatic rings. The SMILES string of the molecule is Cc1cc(C)c(B2c3cc4oc5ccccc5c4c4nc5sc6cccc7ccc2c(c76)n5c34)c(C)c1. The monoisotopic (exact) mass is 492 g/mol. The summed E-state index contributed by atoms with van der Waals surface area (Å²) in [7, 11) is 0. The van der Waals surface area contributed by atoms with Crippen molar-refractivity contribution in [3.8, 4) is 0 Å². The lowest BCUT2D eigenvalue weighted by Crippen LogP contribution is -2.56. The van der Waals surface area contributed by atoms with Gasteiger partial charge in [-0.1, -0.05) is 88.1 Å². The van der Waals surface area contributed by atoms with Crippen molar-refractivity contribution in [2.45, 2.75) is 20.8 Å². The van der Waals surface area contributed by atoms with Crippen LogP contribution in [-0.2, 0) is 0 Å². The van der Waals surface area contributed by atoms with E-state index >= 15 is 0 Å². The molecule has 0 atom stereocenters. The van der Waals surface area contributed by atoms with E-state index in [1.807, 2.05) is 6.07 Å². The maximum atomic E-state index is 6.47. The van der Waals surface area contributed by atoms with Crippen LogP contribution in [-0.4, -0.2) is 16.1 Å². The average molecular weight is 492 g/mol. The fraction of sp³-hybridized carbons (Fsp3) is 0.0938. The third kappa shape index (κ3) is 2.36. The summed E-state index contributed by atoms with van der Waals surface area (Å²) in [4.78, 5) is 6.38. The van der Waals surface area contributed by atoms with Crippen molar-refractivity contribution in [3.05, 3.63) is 89.5 Å². The van der Waals surface area contributed by atoms with Crippen molar-refractivity contribution in [2.24, 2.45) is 0 Å². The summed E-state index contributed by atoms with van der Waals surface area (Å²) in [6, 6.07) is 26.6. The molecule has 0 fully saturated rings. The molecule has 3 aromatic heterocycles. The highest BCUT2D eigenvalue weighted by Gasteiger charge is 2.36. The first kappa shape index (κ1) is 20.0. The molecule has 37 heavy (non-hydrogen) atoms. The molecule has 9 rings (SSSR count). The zero-order chi connectivity index (χ0) is 24.6. The quantitative estimate of drug-likeness (QED) is 0.245. The molecule has 0 aliphatic carbocycles. The van der Waals surface area contributed by atoms with Gasteiger partial charge >= 0.3 is 0 Å². The second-order valence-electron chi connectivity index (χ2n) is 10.6. The van der Waals surface area contributed by atoms with Crippen LogP contribution in [0.1, 0.15) is 16.7 Å². The van der Waals surface area contributed by atoms with E-state index in [1.54, 1.807) is 11.3 Å². The Labute approximate surface area is 217 Å². The Morgan fingerprint density at radius 2 is 1.62 bits per heavy atom. The van der Waals surface area contributed by atoms with E-state index in [9.17, 15) is 0 Å². The van der Waals surface area contributed by atoms with Gasteiger partial charge in [0.15, 0.2) is 4.96 Å². The summed E-state index contributed by atoms with van der Waals surface area (Å²) >= 11 is 1.78. The topological polar surface area (TPSA) is 30.4 Å². The molecule has 0 saturated carbocycles. The first-order chi connectivity index (χ1) is 18.1. The second-order valence-corrected chi connectivity index (χ2v) is 11.6. The number of benzene rings is 5. The number of aryl methyl sites for hydroxylation is 3. The molecule has 5 heteroatoms. The fourth-order valence-corrected chi connectivity index (χ4v) is 8.15. The number of hydrogen-bond acceptors (Lipinski definition) is 3. The van der Waals surface area contributed by atoms with Crippen LogP contribution in [0, 0.1) is 20.8 Å². The van der Waals surface area contributed by atoms with Gasteiger partial charge in [-0.2, -0.15) is 0 Å². The molecule has 8 aromatic rings. The number of furan rings is 1. The summed E-state index contributed by atoms with van der Waals surface area (Å²) in [6.07, 6.45) is 0. The molecule has 4 heterocycles. The molecule has 1 aliphatic heterocycles. The lowest BCUT2D eigenvalue weighted by Gasteiger charge is -2.27. The van der Waals surface area contributed by atoms with Crippen LogP contribution >= 0.6 is 11.3 Å². The third-order valence-corrected chi connectivity index (χ3v) is 9.37. The Hall–Kier alpha value is -4.09.